The van der Waals surface area contributed by atoms with Crippen LogP contribution in [0.2, 0.25) is 5.02 Å². The van der Waals surface area contributed by atoms with Crippen LogP contribution in [0.5, 0.6) is 11.5 Å². The van der Waals surface area contributed by atoms with Crippen LogP contribution in [-0.4, -0.2) is 29.2 Å². The summed E-state index contributed by atoms with van der Waals surface area (Å²) in [6.07, 6.45) is 3.17. The van der Waals surface area contributed by atoms with Crippen molar-refractivity contribution in [1.29, 1.82) is 5.26 Å². The second kappa shape index (κ2) is 8.57. The lowest BCUT2D eigenvalue weighted by Crippen LogP contribution is -2.50. The summed E-state index contributed by atoms with van der Waals surface area (Å²) in [5.74, 6) is 1.68. The summed E-state index contributed by atoms with van der Waals surface area (Å²) in [5, 5.41) is 9.40. The number of hydrogen-bond donors (Lipinski definition) is 0. The van der Waals surface area contributed by atoms with E-state index in [2.05, 4.69) is 19.9 Å². The summed E-state index contributed by atoms with van der Waals surface area (Å²) in [6, 6.07) is 15.1. The topological polar surface area (TPSA) is 62.6 Å². The van der Waals surface area contributed by atoms with Gasteiger partial charge < -0.3 is 14.4 Å². The molecule has 1 amide bonds. The molecule has 2 aliphatic heterocycles. The van der Waals surface area contributed by atoms with Gasteiger partial charge in [0.15, 0.2) is 0 Å². The van der Waals surface area contributed by atoms with Crippen LogP contribution in [0, 0.1) is 11.3 Å². The third-order valence-corrected chi connectivity index (χ3v) is 6.33. The van der Waals surface area contributed by atoms with Crippen LogP contribution in [0.1, 0.15) is 56.6 Å². The van der Waals surface area contributed by atoms with Gasteiger partial charge in [-0.2, -0.15) is 5.26 Å². The van der Waals surface area contributed by atoms with Crippen molar-refractivity contribution in [2.75, 3.05) is 0 Å². The highest BCUT2D eigenvalue weighted by Gasteiger charge is 2.45. The predicted molar refractivity (Wildman–Crippen MR) is 115 cm³/mol. The number of ether oxygens (including phenoxy) is 2. The highest BCUT2D eigenvalue weighted by atomic mass is 35.5. The van der Waals surface area contributed by atoms with Gasteiger partial charge in [0.1, 0.15) is 23.7 Å². The van der Waals surface area contributed by atoms with Crippen LogP contribution >= 0.6 is 11.6 Å². The summed E-state index contributed by atoms with van der Waals surface area (Å²) in [5.41, 5.74) is 1.65. The maximum absolute atomic E-state index is 12.8. The molecule has 0 radical (unpaired) electrons. The van der Waals surface area contributed by atoms with Crippen LogP contribution in [0.15, 0.2) is 42.5 Å². The first kappa shape index (κ1) is 20.6. The molecule has 0 saturated carbocycles. The number of benzene rings is 2. The Morgan fingerprint density at radius 3 is 2.30 bits per heavy atom. The molecule has 2 aliphatic rings. The van der Waals surface area contributed by atoms with E-state index in [-0.39, 0.29) is 24.3 Å². The Kier molecular flexibility index (Phi) is 5.87. The number of rotatable bonds is 4. The summed E-state index contributed by atoms with van der Waals surface area (Å²) in [6.45, 7) is 4.27. The standard InChI is InChI=1S/C24H25ClN2O3/c1-15(2)16-3-8-20(9-4-16)30-24(28)27-18-6-7-19(27)12-22(11-18)29-21-10-5-17(14-26)23(25)13-21/h3-5,8-10,13,15,18-19,22H,6-7,11-12H2,1-2H3. The van der Waals surface area contributed by atoms with Crippen molar-refractivity contribution in [3.8, 4) is 17.6 Å². The Bertz CT molecular complexity index is 953. The number of piperidine rings is 1. The average Bonchev–Trinajstić information content (AvgIpc) is 2.99. The number of fused-ring (bicyclic) bond motifs is 2. The van der Waals surface area contributed by atoms with Crippen LogP contribution in [0.3, 0.4) is 0 Å². The molecule has 2 bridgehead atoms. The molecule has 156 valence electrons. The van der Waals surface area contributed by atoms with Gasteiger partial charge in [-0.3, -0.25) is 0 Å². The quantitative estimate of drug-likeness (QED) is 0.612. The smallest absolute Gasteiger partial charge is 0.415 e. The van der Waals surface area contributed by atoms with Gasteiger partial charge in [0.2, 0.25) is 0 Å². The zero-order valence-electron chi connectivity index (χ0n) is 17.2. The fourth-order valence-corrected chi connectivity index (χ4v) is 4.66. The van der Waals surface area contributed by atoms with Gasteiger partial charge in [-0.25, -0.2) is 4.79 Å². The first-order valence-corrected chi connectivity index (χ1v) is 10.8. The second-order valence-electron chi connectivity index (χ2n) is 8.35. The maximum atomic E-state index is 12.8. The number of nitrogens with zero attached hydrogens (tertiary/aromatic N) is 2. The number of carbonyl (C=O) groups is 1. The fourth-order valence-electron chi connectivity index (χ4n) is 4.45. The first-order chi connectivity index (χ1) is 14.4. The van der Waals surface area contributed by atoms with E-state index >= 15 is 0 Å². The van der Waals surface area contributed by atoms with E-state index < -0.39 is 0 Å². The third-order valence-electron chi connectivity index (χ3n) is 6.02. The van der Waals surface area contributed by atoms with Gasteiger partial charge in [-0.05, 0) is 48.6 Å². The first-order valence-electron chi connectivity index (χ1n) is 10.4. The molecule has 0 aliphatic carbocycles. The molecule has 0 spiro atoms. The molecule has 6 heteroatoms. The highest BCUT2D eigenvalue weighted by Crippen LogP contribution is 2.38. The zero-order chi connectivity index (χ0) is 21.3. The molecular formula is C24H25ClN2O3. The van der Waals surface area contributed by atoms with Crippen molar-refractivity contribution < 1.29 is 14.3 Å². The van der Waals surface area contributed by atoms with Crippen molar-refractivity contribution in [2.45, 2.75) is 63.6 Å². The van der Waals surface area contributed by atoms with E-state index in [1.165, 1.54) is 5.56 Å². The molecule has 2 fully saturated rings. The van der Waals surface area contributed by atoms with Crippen LogP contribution < -0.4 is 9.47 Å². The Morgan fingerprint density at radius 1 is 1.10 bits per heavy atom. The molecule has 30 heavy (non-hydrogen) atoms. The zero-order valence-corrected chi connectivity index (χ0v) is 17.9. The molecule has 0 N–H and O–H groups in total. The Labute approximate surface area is 182 Å². The van der Waals surface area contributed by atoms with Gasteiger partial charge in [0.25, 0.3) is 0 Å². The number of halogens is 1. The normalized spacial score (nSPS) is 22.6. The van der Waals surface area contributed by atoms with E-state index in [1.54, 1.807) is 18.2 Å². The Morgan fingerprint density at radius 2 is 1.73 bits per heavy atom. The highest BCUT2D eigenvalue weighted by molar-refractivity contribution is 6.31. The van der Waals surface area contributed by atoms with Gasteiger partial charge in [-0.15, -0.1) is 0 Å². The fraction of sp³-hybridized carbons (Fsp3) is 0.417. The van der Waals surface area contributed by atoms with Crippen molar-refractivity contribution in [1.82, 2.24) is 4.90 Å². The molecule has 2 unspecified atom stereocenters. The predicted octanol–water partition coefficient (Wildman–Crippen LogP) is 5.91. The lowest BCUT2D eigenvalue weighted by molar-refractivity contribution is 0.0528. The average molecular weight is 425 g/mol. The maximum Gasteiger partial charge on any atom is 0.415 e. The van der Waals surface area contributed by atoms with E-state index in [1.807, 2.05) is 29.2 Å². The van der Waals surface area contributed by atoms with Gasteiger partial charge in [0.05, 0.1) is 10.6 Å². The number of nitriles is 1. The minimum absolute atomic E-state index is 0.0147. The summed E-state index contributed by atoms with van der Waals surface area (Å²) < 4.78 is 11.8. The molecular weight excluding hydrogens is 400 g/mol. The number of hydrogen-bond acceptors (Lipinski definition) is 4. The minimum Gasteiger partial charge on any atom is -0.490 e. The molecule has 4 rings (SSSR count). The molecule has 2 heterocycles. The van der Waals surface area contributed by atoms with Crippen LogP contribution in [-0.2, 0) is 0 Å². The summed E-state index contributed by atoms with van der Waals surface area (Å²) >= 11 is 6.11. The van der Waals surface area contributed by atoms with Crippen molar-refractivity contribution in [3.63, 3.8) is 0 Å². The van der Waals surface area contributed by atoms with Gasteiger partial charge in [0, 0.05) is 31.0 Å². The second-order valence-corrected chi connectivity index (χ2v) is 8.76. The number of amides is 1. The molecule has 5 nitrogen and oxygen atoms in total. The Balaban J connectivity index is 1.38. The lowest BCUT2D eigenvalue weighted by Gasteiger charge is -2.38. The minimum atomic E-state index is -0.278. The molecule has 2 aromatic carbocycles. The molecule has 2 aromatic rings. The largest absolute Gasteiger partial charge is 0.490 e. The monoisotopic (exact) mass is 424 g/mol. The van der Waals surface area contributed by atoms with Crippen molar-refractivity contribution in [2.24, 2.45) is 0 Å². The molecule has 2 saturated heterocycles. The van der Waals surface area contributed by atoms with Crippen molar-refractivity contribution >= 4 is 17.7 Å². The van der Waals surface area contributed by atoms with E-state index in [0.29, 0.717) is 28.0 Å². The van der Waals surface area contributed by atoms with Crippen LogP contribution in [0.4, 0.5) is 4.79 Å². The lowest BCUT2D eigenvalue weighted by atomic mass is 10.00. The van der Waals surface area contributed by atoms with E-state index in [9.17, 15) is 4.79 Å². The van der Waals surface area contributed by atoms with E-state index in [4.69, 9.17) is 26.3 Å². The SMILES string of the molecule is CC(C)c1ccc(OC(=O)N2C3CCC2CC(Oc2ccc(C#N)c(Cl)c2)C3)cc1. The Hall–Kier alpha value is -2.71. The van der Waals surface area contributed by atoms with Crippen LogP contribution in [0.25, 0.3) is 0 Å². The van der Waals surface area contributed by atoms with Gasteiger partial charge >= 0.3 is 6.09 Å². The van der Waals surface area contributed by atoms with Gasteiger partial charge in [-0.1, -0.05) is 37.6 Å². The van der Waals surface area contributed by atoms with Crippen molar-refractivity contribution in [3.05, 3.63) is 58.6 Å². The molecule has 0 aromatic heterocycles. The molecule has 2 atom stereocenters. The number of carbonyl (C=O) groups excluding carboxylic acids is 1. The van der Waals surface area contributed by atoms with E-state index in [0.717, 1.165) is 25.7 Å². The summed E-state index contributed by atoms with van der Waals surface area (Å²) in [7, 11) is 0. The third kappa shape index (κ3) is 4.24. The summed E-state index contributed by atoms with van der Waals surface area (Å²) in [4.78, 5) is 14.7.